The van der Waals surface area contributed by atoms with E-state index in [1.807, 2.05) is 0 Å². The zero-order valence-electron chi connectivity index (χ0n) is 22.2. The molecule has 3 aromatic rings. The largest absolute Gasteiger partial charge is 0.496 e. The first-order chi connectivity index (χ1) is 20.2. The first kappa shape index (κ1) is 29.5. The predicted molar refractivity (Wildman–Crippen MR) is 146 cm³/mol. The molecule has 220 valence electrons. The van der Waals surface area contributed by atoms with Crippen molar-refractivity contribution in [2.75, 3.05) is 20.3 Å². The van der Waals surface area contributed by atoms with Crippen molar-refractivity contribution >= 4 is 41.0 Å². The number of esters is 1. The molecule has 1 fully saturated rings. The van der Waals surface area contributed by atoms with E-state index in [-0.39, 0.29) is 44.8 Å². The number of alkyl halides is 2. The average molecular weight is 621 g/mol. The minimum atomic E-state index is -3.08. The van der Waals surface area contributed by atoms with Crippen LogP contribution in [0.4, 0.5) is 8.78 Å². The van der Waals surface area contributed by atoms with E-state index in [9.17, 15) is 23.2 Å². The highest BCUT2D eigenvalue weighted by Crippen LogP contribution is 2.38. The maximum absolute atomic E-state index is 13.2. The molecule has 1 aliphatic carbocycles. The highest BCUT2D eigenvalue weighted by Gasteiger charge is 2.39. The molecule has 9 nitrogen and oxygen atoms in total. The van der Waals surface area contributed by atoms with Crippen LogP contribution in [0.2, 0.25) is 10.0 Å². The van der Waals surface area contributed by atoms with E-state index >= 15 is 0 Å². The van der Waals surface area contributed by atoms with Crippen molar-refractivity contribution in [3.63, 3.8) is 0 Å². The molecule has 13 heteroatoms. The lowest BCUT2D eigenvalue weighted by molar-refractivity contribution is -0.149. The van der Waals surface area contributed by atoms with Crippen molar-refractivity contribution in [2.24, 2.45) is 5.92 Å². The monoisotopic (exact) mass is 620 g/mol. The molecule has 2 aromatic carbocycles. The Bertz CT molecular complexity index is 1510. The summed E-state index contributed by atoms with van der Waals surface area (Å²) >= 11 is 12.7. The molecular weight excluding hydrogens is 597 g/mol. The smallest absolute Gasteiger partial charge is 0.387 e. The van der Waals surface area contributed by atoms with Crippen molar-refractivity contribution in [2.45, 2.75) is 32.0 Å². The standard InChI is InChI=1S/C29H24Cl2F2N2O7/c1-39-22-4-2-3-17-26(22)28(38)35(27(17)37)13-25(36)41-23(10-18-19(30)11-34-12-20(18)31)16-7-8-21(42-29(32)33)24(9-16)40-14-15-5-6-15/h2-4,7-9,11-12,15,23,29H,5-6,10,13-14H2,1H3. The maximum Gasteiger partial charge on any atom is 0.387 e. The van der Waals surface area contributed by atoms with Gasteiger partial charge in [0.2, 0.25) is 0 Å². The zero-order valence-corrected chi connectivity index (χ0v) is 23.7. The van der Waals surface area contributed by atoms with Gasteiger partial charge in [0.15, 0.2) is 11.5 Å². The Balaban J connectivity index is 1.43. The first-order valence-corrected chi connectivity index (χ1v) is 13.6. The van der Waals surface area contributed by atoms with E-state index in [4.69, 9.17) is 37.4 Å². The molecule has 42 heavy (non-hydrogen) atoms. The molecular formula is C29H24Cl2F2N2O7. The molecule has 1 atom stereocenters. The molecule has 1 saturated carbocycles. The Morgan fingerprint density at radius 2 is 1.79 bits per heavy atom. The number of carbonyl (C=O) groups excluding carboxylic acids is 3. The number of halogens is 4. The van der Waals surface area contributed by atoms with E-state index in [1.54, 1.807) is 6.07 Å². The van der Waals surface area contributed by atoms with Crippen LogP contribution in [0.3, 0.4) is 0 Å². The molecule has 5 rings (SSSR count). The van der Waals surface area contributed by atoms with Gasteiger partial charge in [-0.15, -0.1) is 0 Å². The fourth-order valence-corrected chi connectivity index (χ4v) is 5.03. The van der Waals surface area contributed by atoms with Crippen molar-refractivity contribution in [3.8, 4) is 17.2 Å². The lowest BCUT2D eigenvalue weighted by Gasteiger charge is -2.22. The van der Waals surface area contributed by atoms with E-state index in [1.165, 1.54) is 49.8 Å². The fourth-order valence-electron chi connectivity index (χ4n) is 4.51. The normalized spacial score (nSPS) is 15.0. The van der Waals surface area contributed by atoms with Crippen LogP contribution in [0.5, 0.6) is 17.2 Å². The van der Waals surface area contributed by atoms with Gasteiger partial charge in [-0.05, 0) is 54.2 Å². The van der Waals surface area contributed by atoms with Gasteiger partial charge in [-0.25, -0.2) is 0 Å². The number of methoxy groups -OCH3 is 1. The van der Waals surface area contributed by atoms with E-state index in [0.29, 0.717) is 23.7 Å². The minimum Gasteiger partial charge on any atom is -0.496 e. The lowest BCUT2D eigenvalue weighted by Crippen LogP contribution is -2.36. The highest BCUT2D eigenvalue weighted by molar-refractivity contribution is 6.35. The number of aromatic nitrogens is 1. The summed E-state index contributed by atoms with van der Waals surface area (Å²) in [6.45, 7) is -3.47. The van der Waals surface area contributed by atoms with Gasteiger partial charge in [0.05, 0.1) is 34.9 Å². The number of rotatable bonds is 12. The van der Waals surface area contributed by atoms with Gasteiger partial charge in [-0.1, -0.05) is 35.3 Å². The lowest BCUT2D eigenvalue weighted by atomic mass is 10.0. The number of amides is 2. The summed E-state index contributed by atoms with van der Waals surface area (Å²) in [7, 11) is 1.37. The molecule has 1 aliphatic heterocycles. The molecule has 2 aliphatic rings. The Kier molecular flexibility index (Phi) is 8.79. The summed E-state index contributed by atoms with van der Waals surface area (Å²) in [5.74, 6) is -1.92. The predicted octanol–water partition coefficient (Wildman–Crippen LogP) is 5.91. The summed E-state index contributed by atoms with van der Waals surface area (Å²) in [6.07, 6.45) is 3.55. The number of hydrogen-bond acceptors (Lipinski definition) is 8. The topological polar surface area (TPSA) is 104 Å². The SMILES string of the molecule is COc1cccc2c1C(=O)N(CC(=O)OC(Cc1c(Cl)cncc1Cl)c1ccc(OC(F)F)c(OCC3CC3)c1)C2=O. The molecule has 2 heterocycles. The molecule has 0 bridgehead atoms. The third-order valence-electron chi connectivity index (χ3n) is 6.81. The quantitative estimate of drug-likeness (QED) is 0.182. The molecule has 0 radical (unpaired) electrons. The van der Waals surface area contributed by atoms with Gasteiger partial charge in [0.25, 0.3) is 11.8 Å². The van der Waals surface area contributed by atoms with Crippen LogP contribution in [0.15, 0.2) is 48.8 Å². The summed E-state index contributed by atoms with van der Waals surface area (Å²) in [4.78, 5) is 43.9. The van der Waals surface area contributed by atoms with Crippen molar-refractivity contribution < 1.29 is 42.1 Å². The number of nitrogens with zero attached hydrogens (tertiary/aromatic N) is 2. The summed E-state index contributed by atoms with van der Waals surface area (Å²) in [5, 5.41) is 0.415. The maximum atomic E-state index is 13.2. The second-order valence-corrected chi connectivity index (χ2v) is 10.5. The Morgan fingerprint density at radius 1 is 1.05 bits per heavy atom. The molecule has 2 amide bonds. The third-order valence-corrected chi connectivity index (χ3v) is 7.46. The Morgan fingerprint density at radius 3 is 2.45 bits per heavy atom. The second-order valence-electron chi connectivity index (χ2n) is 9.68. The van der Waals surface area contributed by atoms with Gasteiger partial charge < -0.3 is 18.9 Å². The van der Waals surface area contributed by atoms with Gasteiger partial charge in [-0.2, -0.15) is 8.78 Å². The van der Waals surface area contributed by atoms with Crippen LogP contribution in [0.25, 0.3) is 0 Å². The van der Waals surface area contributed by atoms with Gasteiger partial charge in [0.1, 0.15) is 18.4 Å². The molecule has 1 aromatic heterocycles. The number of ether oxygens (including phenoxy) is 4. The van der Waals surface area contributed by atoms with E-state index < -0.39 is 37.0 Å². The molecule has 0 saturated heterocycles. The van der Waals surface area contributed by atoms with E-state index in [0.717, 1.165) is 17.7 Å². The highest BCUT2D eigenvalue weighted by atomic mass is 35.5. The minimum absolute atomic E-state index is 0.0418. The number of fused-ring (bicyclic) bond motifs is 1. The van der Waals surface area contributed by atoms with Crippen LogP contribution in [-0.4, -0.2) is 54.5 Å². The van der Waals surface area contributed by atoms with Crippen LogP contribution in [0, 0.1) is 5.92 Å². The number of carbonyl (C=O) groups is 3. The van der Waals surface area contributed by atoms with Crippen molar-refractivity contribution in [3.05, 3.63) is 81.1 Å². The van der Waals surface area contributed by atoms with Crippen molar-refractivity contribution in [1.82, 2.24) is 9.88 Å². The van der Waals surface area contributed by atoms with Crippen LogP contribution >= 0.6 is 23.2 Å². The first-order valence-electron chi connectivity index (χ1n) is 12.9. The molecule has 0 N–H and O–H groups in total. The Hall–Kier alpha value is -3.96. The van der Waals surface area contributed by atoms with Gasteiger partial charge in [0, 0.05) is 18.8 Å². The summed E-state index contributed by atoms with van der Waals surface area (Å²) < 4.78 is 47.5. The molecule has 0 spiro atoms. The second kappa shape index (κ2) is 12.5. The van der Waals surface area contributed by atoms with Crippen molar-refractivity contribution in [1.29, 1.82) is 0 Å². The van der Waals surface area contributed by atoms with Crippen LogP contribution < -0.4 is 14.2 Å². The summed E-state index contributed by atoms with van der Waals surface area (Å²) in [6, 6.07) is 8.73. The average Bonchev–Trinajstić information content (AvgIpc) is 3.76. The van der Waals surface area contributed by atoms with Gasteiger partial charge in [-0.3, -0.25) is 24.3 Å². The van der Waals surface area contributed by atoms with Crippen LogP contribution in [-0.2, 0) is 16.0 Å². The fraction of sp³-hybridized carbons (Fsp3) is 0.310. The number of pyridine rings is 1. The Labute approximate surface area is 249 Å². The zero-order chi connectivity index (χ0) is 30.0. The number of imide groups is 1. The third kappa shape index (κ3) is 6.42. The molecule has 1 unspecified atom stereocenters. The number of benzene rings is 2. The van der Waals surface area contributed by atoms with Crippen LogP contribution in [0.1, 0.15) is 50.8 Å². The van der Waals surface area contributed by atoms with E-state index in [2.05, 4.69) is 9.72 Å². The summed E-state index contributed by atoms with van der Waals surface area (Å²) in [5.41, 5.74) is 0.914. The number of hydrogen-bond donors (Lipinski definition) is 0. The van der Waals surface area contributed by atoms with Gasteiger partial charge >= 0.3 is 12.6 Å².